The zero-order valence-electron chi connectivity index (χ0n) is 7.49. The normalized spacial score (nSPS) is 19.1. The lowest BCUT2D eigenvalue weighted by molar-refractivity contribution is 0.0901. The molecular weight excluding hydrogens is 208 g/mol. The molecule has 2 rings (SSSR count). The van der Waals surface area contributed by atoms with Crippen LogP contribution in [0.5, 0.6) is 0 Å². The highest BCUT2D eigenvalue weighted by Crippen LogP contribution is 2.25. The van der Waals surface area contributed by atoms with Crippen molar-refractivity contribution in [2.45, 2.75) is 12.1 Å². The summed E-state index contributed by atoms with van der Waals surface area (Å²) >= 11 is 5.70. The Balaban J connectivity index is 2.19. The van der Waals surface area contributed by atoms with Gasteiger partial charge in [0.05, 0.1) is 0 Å². The average molecular weight is 218 g/mol. The number of benzene rings is 1. The van der Waals surface area contributed by atoms with Gasteiger partial charge in [-0.1, -0.05) is 11.6 Å². The number of hydrogen-bond acceptors (Lipinski definition) is 1. The van der Waals surface area contributed by atoms with Crippen LogP contribution in [0.2, 0.25) is 5.02 Å². The summed E-state index contributed by atoms with van der Waals surface area (Å²) in [6.07, 6.45) is 0.0897. The SMILES string of the molecule is Fc1ccc(Cl)cc1CC1(F)CNC1. The number of nitrogens with one attached hydrogen (secondary N) is 1. The minimum Gasteiger partial charge on any atom is -0.310 e. The number of alkyl halides is 1. The van der Waals surface area contributed by atoms with Crippen molar-refractivity contribution >= 4 is 11.6 Å². The van der Waals surface area contributed by atoms with Crippen molar-refractivity contribution in [2.75, 3.05) is 13.1 Å². The average Bonchev–Trinajstić information content (AvgIpc) is 2.09. The minimum atomic E-state index is -1.30. The summed E-state index contributed by atoms with van der Waals surface area (Å²) in [5.41, 5.74) is -0.951. The molecule has 1 aliphatic rings. The van der Waals surface area contributed by atoms with Crippen molar-refractivity contribution in [3.05, 3.63) is 34.6 Å². The molecule has 76 valence electrons. The van der Waals surface area contributed by atoms with E-state index in [9.17, 15) is 8.78 Å². The van der Waals surface area contributed by atoms with Gasteiger partial charge in [-0.25, -0.2) is 8.78 Å². The molecular formula is C10H10ClF2N. The van der Waals surface area contributed by atoms with E-state index in [4.69, 9.17) is 11.6 Å². The zero-order valence-corrected chi connectivity index (χ0v) is 8.24. The van der Waals surface area contributed by atoms with Gasteiger partial charge in [0.15, 0.2) is 0 Å². The molecule has 1 fully saturated rings. The lowest BCUT2D eigenvalue weighted by Crippen LogP contribution is -2.57. The maximum atomic E-state index is 13.6. The molecule has 14 heavy (non-hydrogen) atoms. The summed E-state index contributed by atoms with van der Waals surface area (Å²) in [6.45, 7) is 0.581. The van der Waals surface area contributed by atoms with Gasteiger partial charge in [-0.2, -0.15) is 0 Å². The smallest absolute Gasteiger partial charge is 0.139 e. The lowest BCUT2D eigenvalue weighted by atomic mass is 9.91. The summed E-state index contributed by atoms with van der Waals surface area (Å²) in [5.74, 6) is -0.390. The Labute approximate surface area is 86.1 Å². The zero-order chi connectivity index (χ0) is 10.2. The van der Waals surface area contributed by atoms with E-state index in [1.54, 1.807) is 0 Å². The fraction of sp³-hybridized carbons (Fsp3) is 0.400. The van der Waals surface area contributed by atoms with Crippen molar-refractivity contribution in [1.82, 2.24) is 5.32 Å². The first kappa shape index (κ1) is 9.87. The van der Waals surface area contributed by atoms with Crippen LogP contribution in [-0.4, -0.2) is 18.8 Å². The van der Waals surface area contributed by atoms with Crippen LogP contribution < -0.4 is 5.32 Å². The van der Waals surface area contributed by atoms with Crippen molar-refractivity contribution in [3.8, 4) is 0 Å². The molecule has 1 aliphatic heterocycles. The quantitative estimate of drug-likeness (QED) is 0.802. The molecule has 0 amide bonds. The maximum absolute atomic E-state index is 13.6. The van der Waals surface area contributed by atoms with Gasteiger partial charge in [0.1, 0.15) is 11.5 Å². The first-order valence-corrected chi connectivity index (χ1v) is 4.80. The Morgan fingerprint density at radius 1 is 1.43 bits per heavy atom. The van der Waals surface area contributed by atoms with Crippen LogP contribution in [0.25, 0.3) is 0 Å². The van der Waals surface area contributed by atoms with Gasteiger partial charge in [0, 0.05) is 24.5 Å². The first-order chi connectivity index (χ1) is 6.59. The van der Waals surface area contributed by atoms with Crippen molar-refractivity contribution in [1.29, 1.82) is 0 Å². The van der Waals surface area contributed by atoms with E-state index < -0.39 is 11.5 Å². The summed E-state index contributed by atoms with van der Waals surface area (Å²) in [6, 6.07) is 4.22. The molecule has 1 nitrogen and oxygen atoms in total. The Bertz CT molecular complexity index is 350. The molecule has 1 aromatic rings. The predicted octanol–water partition coefficient (Wildman–Crippen LogP) is 2.33. The molecule has 0 spiro atoms. The summed E-state index contributed by atoms with van der Waals surface area (Å²) < 4.78 is 26.8. The minimum absolute atomic E-state index is 0.0897. The molecule has 1 heterocycles. The number of halogens is 3. The molecule has 0 atom stereocenters. The highest BCUT2D eigenvalue weighted by Gasteiger charge is 2.37. The first-order valence-electron chi connectivity index (χ1n) is 4.43. The third kappa shape index (κ3) is 1.88. The Kier molecular flexibility index (Phi) is 2.45. The molecule has 0 aromatic heterocycles. The van der Waals surface area contributed by atoms with Gasteiger partial charge in [0.25, 0.3) is 0 Å². The topological polar surface area (TPSA) is 12.0 Å². The van der Waals surface area contributed by atoms with Crippen LogP contribution in [0.3, 0.4) is 0 Å². The largest absolute Gasteiger partial charge is 0.310 e. The third-order valence-electron chi connectivity index (χ3n) is 2.40. The summed E-state index contributed by atoms with van der Waals surface area (Å²) in [5, 5.41) is 3.27. The summed E-state index contributed by atoms with van der Waals surface area (Å²) in [7, 11) is 0. The third-order valence-corrected chi connectivity index (χ3v) is 2.63. The highest BCUT2D eigenvalue weighted by atomic mass is 35.5. The molecule has 1 saturated heterocycles. The van der Waals surface area contributed by atoms with E-state index in [2.05, 4.69) is 5.32 Å². The van der Waals surface area contributed by atoms with E-state index in [0.29, 0.717) is 23.7 Å². The van der Waals surface area contributed by atoms with Crippen LogP contribution in [0.1, 0.15) is 5.56 Å². The second-order valence-corrected chi connectivity index (χ2v) is 4.10. The molecule has 1 aromatic carbocycles. The molecule has 4 heteroatoms. The summed E-state index contributed by atoms with van der Waals surface area (Å²) in [4.78, 5) is 0. The van der Waals surface area contributed by atoms with Crippen molar-refractivity contribution < 1.29 is 8.78 Å². The van der Waals surface area contributed by atoms with Crippen molar-refractivity contribution in [2.24, 2.45) is 0 Å². The van der Waals surface area contributed by atoms with E-state index >= 15 is 0 Å². The van der Waals surface area contributed by atoms with Gasteiger partial charge >= 0.3 is 0 Å². The van der Waals surface area contributed by atoms with E-state index in [1.165, 1.54) is 18.2 Å². The second kappa shape index (κ2) is 3.48. The number of rotatable bonds is 2. The highest BCUT2D eigenvalue weighted by molar-refractivity contribution is 6.30. The lowest BCUT2D eigenvalue weighted by Gasteiger charge is -2.35. The van der Waals surface area contributed by atoms with Gasteiger partial charge in [0.2, 0.25) is 0 Å². The van der Waals surface area contributed by atoms with Crippen LogP contribution in [0.15, 0.2) is 18.2 Å². The van der Waals surface area contributed by atoms with E-state index in [-0.39, 0.29) is 6.42 Å². The van der Waals surface area contributed by atoms with E-state index in [0.717, 1.165) is 0 Å². The Hall–Kier alpha value is -0.670. The Morgan fingerprint density at radius 3 is 2.71 bits per heavy atom. The fourth-order valence-electron chi connectivity index (χ4n) is 1.54. The van der Waals surface area contributed by atoms with Gasteiger partial charge in [-0.15, -0.1) is 0 Å². The monoisotopic (exact) mass is 217 g/mol. The second-order valence-electron chi connectivity index (χ2n) is 3.67. The molecule has 0 aliphatic carbocycles. The molecule has 0 unspecified atom stereocenters. The maximum Gasteiger partial charge on any atom is 0.139 e. The molecule has 0 saturated carbocycles. The molecule has 0 bridgehead atoms. The predicted molar refractivity (Wildman–Crippen MR) is 51.8 cm³/mol. The number of hydrogen-bond donors (Lipinski definition) is 1. The van der Waals surface area contributed by atoms with Crippen LogP contribution >= 0.6 is 11.6 Å². The molecule has 1 N–H and O–H groups in total. The Morgan fingerprint density at radius 2 is 2.14 bits per heavy atom. The van der Waals surface area contributed by atoms with Gasteiger partial charge in [-0.3, -0.25) is 0 Å². The van der Waals surface area contributed by atoms with Crippen LogP contribution in [0.4, 0.5) is 8.78 Å². The molecule has 0 radical (unpaired) electrons. The van der Waals surface area contributed by atoms with Crippen molar-refractivity contribution in [3.63, 3.8) is 0 Å². The fourth-order valence-corrected chi connectivity index (χ4v) is 1.74. The van der Waals surface area contributed by atoms with E-state index in [1.807, 2.05) is 0 Å². The van der Waals surface area contributed by atoms with Crippen LogP contribution in [0, 0.1) is 5.82 Å². The van der Waals surface area contributed by atoms with Gasteiger partial charge in [-0.05, 0) is 23.8 Å². The van der Waals surface area contributed by atoms with Gasteiger partial charge < -0.3 is 5.32 Å². The standard InChI is InChI=1S/C10H10ClF2N/c11-8-1-2-9(12)7(3-8)4-10(13)5-14-6-10/h1-3,14H,4-6H2. The van der Waals surface area contributed by atoms with Crippen LogP contribution in [-0.2, 0) is 6.42 Å².